The van der Waals surface area contributed by atoms with Crippen LogP contribution in [0, 0.1) is 0 Å². The number of aliphatic imine (C=N–C) groups is 1. The van der Waals surface area contributed by atoms with Crippen LogP contribution in [0.25, 0.3) is 0 Å². The van der Waals surface area contributed by atoms with Gasteiger partial charge >= 0.3 is 6.18 Å². The number of nitrogens with one attached hydrogen (secondary N) is 2. The summed E-state index contributed by atoms with van der Waals surface area (Å²) in [6.45, 7) is 3.76. The van der Waals surface area contributed by atoms with Crippen LogP contribution in [0.1, 0.15) is 31.2 Å². The maximum atomic E-state index is 12.8. The first-order valence-corrected chi connectivity index (χ1v) is 8.48. The normalized spacial score (nSPS) is 16.4. The fraction of sp³-hybridized carbons (Fsp3) is 0.278. The minimum Gasteiger partial charge on any atom is -0.489 e. The maximum Gasteiger partial charge on any atom is 0.416 e. The molecule has 2 aromatic carbocycles. The van der Waals surface area contributed by atoms with Crippen molar-refractivity contribution in [3.8, 4) is 5.75 Å². The number of alkyl halides is 3. The number of hydrogen-bond donors (Lipinski definition) is 3. The van der Waals surface area contributed by atoms with E-state index in [4.69, 9.17) is 16.3 Å². The molecule has 3 N–H and O–H groups in total. The predicted molar refractivity (Wildman–Crippen MR) is 98.3 cm³/mol. The van der Waals surface area contributed by atoms with E-state index < -0.39 is 18.0 Å². The van der Waals surface area contributed by atoms with Gasteiger partial charge in [-0.25, -0.2) is 4.99 Å². The summed E-state index contributed by atoms with van der Waals surface area (Å²) >= 11 is 6.18. The van der Waals surface area contributed by atoms with E-state index >= 15 is 0 Å². The Morgan fingerprint density at radius 3 is 2.59 bits per heavy atom. The second kappa shape index (κ2) is 7.28. The molecule has 9 heteroatoms. The third-order valence-corrected chi connectivity index (χ3v) is 4.01. The lowest BCUT2D eigenvalue weighted by molar-refractivity contribution is -0.137. The first-order chi connectivity index (χ1) is 12.6. The van der Waals surface area contributed by atoms with E-state index in [1.165, 1.54) is 6.07 Å². The van der Waals surface area contributed by atoms with Gasteiger partial charge in [-0.1, -0.05) is 11.6 Å². The average Bonchev–Trinajstić information content (AvgIpc) is 2.56. The summed E-state index contributed by atoms with van der Waals surface area (Å²) in [5, 5.41) is 16.3. The van der Waals surface area contributed by atoms with Gasteiger partial charge in [-0.3, -0.25) is 0 Å². The van der Waals surface area contributed by atoms with Crippen LogP contribution in [0.5, 0.6) is 5.75 Å². The van der Waals surface area contributed by atoms with Crippen LogP contribution in [0.2, 0.25) is 5.02 Å². The van der Waals surface area contributed by atoms with Crippen molar-refractivity contribution in [2.75, 3.05) is 10.6 Å². The summed E-state index contributed by atoms with van der Waals surface area (Å²) in [4.78, 5) is 3.95. The van der Waals surface area contributed by atoms with Gasteiger partial charge in [0.25, 0.3) is 0 Å². The molecule has 27 heavy (non-hydrogen) atoms. The average molecular weight is 400 g/mol. The largest absolute Gasteiger partial charge is 0.489 e. The molecule has 1 aliphatic rings. The molecular weight excluding hydrogens is 383 g/mol. The fourth-order valence-electron chi connectivity index (χ4n) is 2.55. The van der Waals surface area contributed by atoms with Gasteiger partial charge in [0.2, 0.25) is 5.96 Å². The molecule has 2 aromatic rings. The summed E-state index contributed by atoms with van der Waals surface area (Å²) in [5.41, 5.74) is 0.110. The Morgan fingerprint density at radius 1 is 1.22 bits per heavy atom. The van der Waals surface area contributed by atoms with Gasteiger partial charge < -0.3 is 20.5 Å². The van der Waals surface area contributed by atoms with Gasteiger partial charge in [0, 0.05) is 16.9 Å². The number of guanidine groups is 1. The third kappa shape index (κ3) is 4.45. The summed E-state index contributed by atoms with van der Waals surface area (Å²) in [7, 11) is 0. The number of hydrogen-bond acceptors (Lipinski definition) is 5. The van der Waals surface area contributed by atoms with Gasteiger partial charge in [-0.2, -0.15) is 13.2 Å². The molecule has 0 saturated carbocycles. The molecule has 1 aliphatic heterocycles. The van der Waals surface area contributed by atoms with E-state index in [9.17, 15) is 18.3 Å². The third-order valence-electron chi connectivity index (χ3n) is 3.72. The van der Waals surface area contributed by atoms with E-state index in [0.29, 0.717) is 22.1 Å². The van der Waals surface area contributed by atoms with Crippen molar-refractivity contribution in [1.29, 1.82) is 0 Å². The van der Waals surface area contributed by atoms with Crippen molar-refractivity contribution in [3.05, 3.63) is 52.5 Å². The number of ether oxygens (including phenoxy) is 1. The van der Waals surface area contributed by atoms with Crippen LogP contribution in [0.3, 0.4) is 0 Å². The smallest absolute Gasteiger partial charge is 0.416 e. The SMILES string of the molecule is CC(C)Oc1ccc(NC2=NC(O)c3cc(C(F)(F)F)ccc3N2)cc1Cl. The molecule has 0 fully saturated rings. The summed E-state index contributed by atoms with van der Waals surface area (Å²) in [6.07, 6.45) is -5.95. The number of halogens is 4. The Balaban J connectivity index is 1.79. The number of rotatable bonds is 3. The lowest BCUT2D eigenvalue weighted by Crippen LogP contribution is -2.27. The second-order valence-corrected chi connectivity index (χ2v) is 6.62. The maximum absolute atomic E-state index is 12.8. The molecular formula is C18H17ClF3N3O2. The molecule has 0 aromatic heterocycles. The lowest BCUT2D eigenvalue weighted by atomic mass is 10.1. The zero-order valence-corrected chi connectivity index (χ0v) is 15.2. The van der Waals surface area contributed by atoms with E-state index in [-0.39, 0.29) is 17.6 Å². The number of anilines is 2. The standard InChI is InChI=1S/C18H17ClF3N3O2/c1-9(2)27-15-6-4-11(8-13(15)19)23-17-24-14-5-3-10(18(20,21)22)7-12(14)16(26)25-17/h3-9,16,26H,1-2H3,(H2,23,24,25). The Bertz CT molecular complexity index is 885. The van der Waals surface area contributed by atoms with Crippen LogP contribution in [0.15, 0.2) is 41.4 Å². The van der Waals surface area contributed by atoms with Gasteiger partial charge in [-0.05, 0) is 50.2 Å². The molecule has 0 radical (unpaired) electrons. The van der Waals surface area contributed by atoms with Crippen molar-refractivity contribution in [1.82, 2.24) is 0 Å². The highest BCUT2D eigenvalue weighted by Gasteiger charge is 2.32. The fourth-order valence-corrected chi connectivity index (χ4v) is 2.77. The topological polar surface area (TPSA) is 65.9 Å². The van der Waals surface area contributed by atoms with Crippen LogP contribution < -0.4 is 15.4 Å². The molecule has 144 valence electrons. The summed E-state index contributed by atoms with van der Waals surface area (Å²) < 4.78 is 44.0. The Morgan fingerprint density at radius 2 is 1.96 bits per heavy atom. The quantitative estimate of drug-likeness (QED) is 0.677. The molecule has 0 aliphatic carbocycles. The summed E-state index contributed by atoms with van der Waals surface area (Å²) in [6, 6.07) is 8.09. The molecule has 1 atom stereocenters. The highest BCUT2D eigenvalue weighted by molar-refractivity contribution is 6.32. The van der Waals surface area contributed by atoms with Gasteiger partial charge in [0.15, 0.2) is 6.23 Å². The Labute approximate surface area is 158 Å². The summed E-state index contributed by atoms with van der Waals surface area (Å²) in [5.74, 6) is 0.712. The van der Waals surface area contributed by atoms with Crippen molar-refractivity contribution < 1.29 is 23.0 Å². The van der Waals surface area contributed by atoms with Crippen LogP contribution >= 0.6 is 11.6 Å². The van der Waals surface area contributed by atoms with Crippen LogP contribution in [-0.4, -0.2) is 17.2 Å². The minimum absolute atomic E-state index is 0.0288. The van der Waals surface area contributed by atoms with Gasteiger partial charge in [0.05, 0.1) is 16.7 Å². The molecule has 1 heterocycles. The van der Waals surface area contributed by atoms with Crippen molar-refractivity contribution >= 4 is 28.9 Å². The van der Waals surface area contributed by atoms with E-state index in [1.807, 2.05) is 13.8 Å². The minimum atomic E-state index is -4.49. The number of nitrogens with zero attached hydrogens (tertiary/aromatic N) is 1. The monoisotopic (exact) mass is 399 g/mol. The molecule has 0 amide bonds. The number of fused-ring (bicyclic) bond motifs is 1. The highest BCUT2D eigenvalue weighted by Crippen LogP contribution is 2.36. The lowest BCUT2D eigenvalue weighted by Gasteiger charge is -2.24. The van der Waals surface area contributed by atoms with Gasteiger partial charge in [0.1, 0.15) is 5.75 Å². The van der Waals surface area contributed by atoms with E-state index in [0.717, 1.165) is 12.1 Å². The molecule has 3 rings (SSSR count). The second-order valence-electron chi connectivity index (χ2n) is 6.21. The number of aliphatic hydroxyl groups is 1. The zero-order chi connectivity index (χ0) is 19.8. The zero-order valence-electron chi connectivity index (χ0n) is 14.4. The van der Waals surface area contributed by atoms with E-state index in [1.54, 1.807) is 18.2 Å². The van der Waals surface area contributed by atoms with Crippen LogP contribution in [0.4, 0.5) is 24.5 Å². The van der Waals surface area contributed by atoms with Crippen LogP contribution in [-0.2, 0) is 6.18 Å². The van der Waals surface area contributed by atoms with Crippen molar-refractivity contribution in [3.63, 3.8) is 0 Å². The Hall–Kier alpha value is -2.45. The first kappa shape index (κ1) is 19.3. The number of aliphatic hydroxyl groups excluding tert-OH is 1. The first-order valence-electron chi connectivity index (χ1n) is 8.11. The van der Waals surface area contributed by atoms with Crippen molar-refractivity contribution in [2.24, 2.45) is 4.99 Å². The number of benzene rings is 2. The molecule has 5 nitrogen and oxygen atoms in total. The Kier molecular flexibility index (Phi) is 5.21. The molecule has 1 unspecified atom stereocenters. The molecule has 0 saturated heterocycles. The van der Waals surface area contributed by atoms with E-state index in [2.05, 4.69) is 15.6 Å². The highest BCUT2D eigenvalue weighted by atomic mass is 35.5. The van der Waals surface area contributed by atoms with Gasteiger partial charge in [-0.15, -0.1) is 0 Å². The molecule has 0 bridgehead atoms. The predicted octanol–water partition coefficient (Wildman–Crippen LogP) is 5.03. The van der Waals surface area contributed by atoms with Crippen molar-refractivity contribution in [2.45, 2.75) is 32.4 Å². The molecule has 0 spiro atoms.